The van der Waals surface area contributed by atoms with E-state index in [0.29, 0.717) is 31.2 Å². The standard InChI is InChI=1S/C22H21N3O4/c1-27-16-8-6-15(7-9-16)24-10-12-25(13-11-24)22(26)20-18-14-28-19-5-3-2-4-17(19)21(18)29-23-20/h2-9H,10-14H2,1H3. The van der Waals surface area contributed by atoms with Gasteiger partial charge in [0.1, 0.15) is 18.1 Å². The van der Waals surface area contributed by atoms with E-state index in [2.05, 4.69) is 10.1 Å². The third-order valence-corrected chi connectivity index (χ3v) is 5.50. The van der Waals surface area contributed by atoms with Crippen LogP contribution in [-0.4, -0.2) is 49.3 Å². The van der Waals surface area contributed by atoms with Crippen molar-refractivity contribution >= 4 is 11.6 Å². The van der Waals surface area contributed by atoms with Gasteiger partial charge in [0.25, 0.3) is 5.91 Å². The van der Waals surface area contributed by atoms with Gasteiger partial charge in [0, 0.05) is 31.9 Å². The number of methoxy groups -OCH3 is 1. The number of hydrogen-bond acceptors (Lipinski definition) is 6. The first-order valence-electron chi connectivity index (χ1n) is 9.63. The largest absolute Gasteiger partial charge is 0.497 e. The number of hydrogen-bond donors (Lipinski definition) is 0. The number of amides is 1. The van der Waals surface area contributed by atoms with Gasteiger partial charge in [-0.25, -0.2) is 0 Å². The molecule has 7 nitrogen and oxygen atoms in total. The summed E-state index contributed by atoms with van der Waals surface area (Å²) in [7, 11) is 1.66. The van der Waals surface area contributed by atoms with Crippen molar-refractivity contribution in [3.8, 4) is 22.8 Å². The average Bonchev–Trinajstić information content (AvgIpc) is 3.23. The second-order valence-corrected chi connectivity index (χ2v) is 7.10. The molecule has 2 aliphatic heterocycles. The van der Waals surface area contributed by atoms with Gasteiger partial charge in [0.05, 0.1) is 18.2 Å². The first-order chi connectivity index (χ1) is 14.2. The minimum absolute atomic E-state index is 0.104. The molecule has 3 heterocycles. The fraction of sp³-hybridized carbons (Fsp3) is 0.273. The lowest BCUT2D eigenvalue weighted by Gasteiger charge is -2.36. The molecule has 1 saturated heterocycles. The molecule has 3 aromatic rings. The minimum Gasteiger partial charge on any atom is -0.497 e. The second kappa shape index (κ2) is 7.16. The molecule has 0 bridgehead atoms. The minimum atomic E-state index is -0.104. The molecular weight excluding hydrogens is 370 g/mol. The number of nitrogens with zero attached hydrogens (tertiary/aromatic N) is 3. The second-order valence-electron chi connectivity index (χ2n) is 7.10. The molecule has 1 amide bonds. The Morgan fingerprint density at radius 2 is 1.79 bits per heavy atom. The molecule has 0 unspecified atom stereocenters. The highest BCUT2D eigenvalue weighted by molar-refractivity contribution is 5.95. The molecule has 0 N–H and O–H groups in total. The maximum atomic E-state index is 13.1. The van der Waals surface area contributed by atoms with E-state index < -0.39 is 0 Å². The van der Waals surface area contributed by atoms with Crippen molar-refractivity contribution in [1.82, 2.24) is 10.1 Å². The maximum absolute atomic E-state index is 13.1. The first-order valence-corrected chi connectivity index (χ1v) is 9.63. The van der Waals surface area contributed by atoms with Crippen LogP contribution >= 0.6 is 0 Å². The summed E-state index contributed by atoms with van der Waals surface area (Å²) < 4.78 is 16.5. The normalized spacial score (nSPS) is 15.3. The highest BCUT2D eigenvalue weighted by Crippen LogP contribution is 2.38. The number of fused-ring (bicyclic) bond motifs is 3. The van der Waals surface area contributed by atoms with E-state index in [1.165, 1.54) is 0 Å². The lowest BCUT2D eigenvalue weighted by Crippen LogP contribution is -2.49. The SMILES string of the molecule is COc1ccc(N2CCN(C(=O)c3noc4c3COc3ccccc3-4)CC2)cc1. The Labute approximate surface area is 168 Å². The van der Waals surface area contributed by atoms with Gasteiger partial charge in [0.15, 0.2) is 11.5 Å². The van der Waals surface area contributed by atoms with Crippen molar-refractivity contribution < 1.29 is 18.8 Å². The van der Waals surface area contributed by atoms with Crippen LogP contribution in [0.2, 0.25) is 0 Å². The molecule has 29 heavy (non-hydrogen) atoms. The van der Waals surface area contributed by atoms with Crippen LogP contribution in [0.1, 0.15) is 16.1 Å². The smallest absolute Gasteiger partial charge is 0.276 e. The van der Waals surface area contributed by atoms with Crippen molar-refractivity contribution in [2.75, 3.05) is 38.2 Å². The van der Waals surface area contributed by atoms with Gasteiger partial charge in [-0.15, -0.1) is 0 Å². The van der Waals surface area contributed by atoms with Gasteiger partial charge >= 0.3 is 0 Å². The third kappa shape index (κ3) is 3.08. The lowest BCUT2D eigenvalue weighted by atomic mass is 10.0. The van der Waals surface area contributed by atoms with Gasteiger partial charge < -0.3 is 23.8 Å². The zero-order valence-corrected chi connectivity index (χ0v) is 16.1. The van der Waals surface area contributed by atoms with Gasteiger partial charge in [0.2, 0.25) is 0 Å². The van der Waals surface area contributed by atoms with E-state index in [1.807, 2.05) is 53.4 Å². The molecule has 5 rings (SSSR count). The summed E-state index contributed by atoms with van der Waals surface area (Å²) in [5, 5.41) is 4.09. The zero-order chi connectivity index (χ0) is 19.8. The van der Waals surface area contributed by atoms with E-state index in [9.17, 15) is 4.79 Å². The monoisotopic (exact) mass is 391 g/mol. The van der Waals surface area contributed by atoms with E-state index in [-0.39, 0.29) is 5.91 Å². The number of carbonyl (C=O) groups is 1. The van der Waals surface area contributed by atoms with Crippen LogP contribution in [0, 0.1) is 0 Å². The van der Waals surface area contributed by atoms with Crippen molar-refractivity contribution in [1.29, 1.82) is 0 Å². The number of piperazine rings is 1. The molecule has 1 aromatic heterocycles. The van der Waals surface area contributed by atoms with E-state index in [1.54, 1.807) is 7.11 Å². The predicted octanol–water partition coefficient (Wildman–Crippen LogP) is 3.21. The van der Waals surface area contributed by atoms with Gasteiger partial charge in [-0.1, -0.05) is 17.3 Å². The van der Waals surface area contributed by atoms with Crippen LogP contribution < -0.4 is 14.4 Å². The topological polar surface area (TPSA) is 68.0 Å². The van der Waals surface area contributed by atoms with E-state index in [4.69, 9.17) is 14.0 Å². The molecule has 0 radical (unpaired) electrons. The highest BCUT2D eigenvalue weighted by Gasteiger charge is 2.32. The van der Waals surface area contributed by atoms with Crippen LogP contribution in [0.3, 0.4) is 0 Å². The van der Waals surface area contributed by atoms with Gasteiger partial charge in [-0.2, -0.15) is 0 Å². The molecule has 2 aromatic carbocycles. The number of carbonyl (C=O) groups excluding carboxylic acids is 1. The van der Waals surface area contributed by atoms with E-state index >= 15 is 0 Å². The first kappa shape index (κ1) is 17.6. The number of rotatable bonds is 3. The van der Waals surface area contributed by atoms with Crippen LogP contribution in [0.25, 0.3) is 11.3 Å². The van der Waals surface area contributed by atoms with E-state index in [0.717, 1.165) is 41.4 Å². The summed E-state index contributed by atoms with van der Waals surface area (Å²) in [6, 6.07) is 15.6. The predicted molar refractivity (Wildman–Crippen MR) is 107 cm³/mol. The Kier molecular flexibility index (Phi) is 4.35. The summed E-state index contributed by atoms with van der Waals surface area (Å²) in [5.74, 6) is 2.12. The Morgan fingerprint density at radius 1 is 1.03 bits per heavy atom. The average molecular weight is 391 g/mol. The summed E-state index contributed by atoms with van der Waals surface area (Å²) in [5.41, 5.74) is 3.05. The van der Waals surface area contributed by atoms with Crippen LogP contribution in [0.15, 0.2) is 53.1 Å². The maximum Gasteiger partial charge on any atom is 0.276 e. The number of ether oxygens (including phenoxy) is 2. The summed E-state index contributed by atoms with van der Waals surface area (Å²) >= 11 is 0. The quantitative estimate of drug-likeness (QED) is 0.683. The van der Waals surface area contributed by atoms with Gasteiger partial charge in [-0.05, 0) is 36.4 Å². The van der Waals surface area contributed by atoms with Gasteiger partial charge in [-0.3, -0.25) is 4.79 Å². The number of benzene rings is 2. The van der Waals surface area contributed by atoms with Crippen LogP contribution in [0.5, 0.6) is 11.5 Å². The molecule has 0 saturated carbocycles. The van der Waals surface area contributed by atoms with Crippen LogP contribution in [-0.2, 0) is 6.61 Å². The fourth-order valence-electron chi connectivity index (χ4n) is 3.86. The number of para-hydroxylation sites is 1. The van der Waals surface area contributed by atoms with Crippen molar-refractivity contribution in [2.24, 2.45) is 0 Å². The molecule has 2 aliphatic rings. The zero-order valence-electron chi connectivity index (χ0n) is 16.1. The Hall–Kier alpha value is -3.48. The summed E-state index contributed by atoms with van der Waals surface area (Å²) in [6.07, 6.45) is 0. The summed E-state index contributed by atoms with van der Waals surface area (Å²) in [4.78, 5) is 17.2. The lowest BCUT2D eigenvalue weighted by molar-refractivity contribution is 0.0734. The fourth-order valence-corrected chi connectivity index (χ4v) is 3.86. The molecule has 1 fully saturated rings. The Balaban J connectivity index is 1.30. The third-order valence-electron chi connectivity index (χ3n) is 5.50. The molecule has 148 valence electrons. The van der Waals surface area contributed by atoms with Crippen molar-refractivity contribution in [2.45, 2.75) is 6.61 Å². The number of aromatic nitrogens is 1. The number of anilines is 1. The molecule has 7 heteroatoms. The van der Waals surface area contributed by atoms with Crippen molar-refractivity contribution in [3.63, 3.8) is 0 Å². The molecule has 0 spiro atoms. The highest BCUT2D eigenvalue weighted by atomic mass is 16.5. The molecular formula is C22H21N3O4. The Bertz CT molecular complexity index is 1040. The Morgan fingerprint density at radius 3 is 2.55 bits per heavy atom. The van der Waals surface area contributed by atoms with Crippen LogP contribution in [0.4, 0.5) is 5.69 Å². The van der Waals surface area contributed by atoms with Crippen molar-refractivity contribution in [3.05, 3.63) is 59.8 Å². The summed E-state index contributed by atoms with van der Waals surface area (Å²) in [6.45, 7) is 3.07. The molecule has 0 aliphatic carbocycles. The molecule has 0 atom stereocenters.